The Morgan fingerprint density at radius 1 is 1.36 bits per heavy atom. The predicted molar refractivity (Wildman–Crippen MR) is 87.9 cm³/mol. The highest BCUT2D eigenvalue weighted by molar-refractivity contribution is 5.45. The first-order valence-electron chi connectivity index (χ1n) is 8.58. The number of likely N-dealkylation sites (tertiary alicyclic amines) is 1. The van der Waals surface area contributed by atoms with Crippen molar-refractivity contribution in [3.63, 3.8) is 0 Å². The second kappa shape index (κ2) is 6.92. The lowest BCUT2D eigenvalue weighted by molar-refractivity contribution is 0.242. The molecular formula is C17H28N4O. The zero-order valence-corrected chi connectivity index (χ0v) is 13.7. The molecule has 0 unspecified atom stereocenters. The number of hydrogen-bond donors (Lipinski definition) is 2. The van der Waals surface area contributed by atoms with E-state index in [1.165, 1.54) is 18.4 Å². The summed E-state index contributed by atoms with van der Waals surface area (Å²) in [6.07, 6.45) is 7.19. The summed E-state index contributed by atoms with van der Waals surface area (Å²) in [5.74, 6) is 3.02. The maximum atomic E-state index is 9.05. The second-order valence-corrected chi connectivity index (χ2v) is 7.07. The van der Waals surface area contributed by atoms with Crippen molar-refractivity contribution in [2.45, 2.75) is 45.1 Å². The van der Waals surface area contributed by atoms with Gasteiger partial charge in [-0.3, -0.25) is 0 Å². The third-order valence-corrected chi connectivity index (χ3v) is 4.99. The second-order valence-electron chi connectivity index (χ2n) is 7.07. The van der Waals surface area contributed by atoms with Gasteiger partial charge in [0.2, 0.25) is 0 Å². The molecule has 0 aromatic carbocycles. The molecule has 1 saturated heterocycles. The summed E-state index contributed by atoms with van der Waals surface area (Å²) in [5, 5.41) is 12.8. The average molecular weight is 304 g/mol. The third-order valence-electron chi connectivity index (χ3n) is 4.99. The lowest BCUT2D eigenvalue weighted by Gasteiger charge is -2.22. The molecule has 0 radical (unpaired) electrons. The molecule has 2 aliphatic rings. The maximum absolute atomic E-state index is 9.05. The summed E-state index contributed by atoms with van der Waals surface area (Å²) in [5.41, 5.74) is 1.20. The number of hydrogen-bond acceptors (Lipinski definition) is 5. The molecule has 22 heavy (non-hydrogen) atoms. The van der Waals surface area contributed by atoms with E-state index in [9.17, 15) is 0 Å². The molecule has 5 heteroatoms. The average Bonchev–Trinajstić information content (AvgIpc) is 3.28. The van der Waals surface area contributed by atoms with Gasteiger partial charge in [0.1, 0.15) is 12.1 Å². The van der Waals surface area contributed by atoms with Crippen LogP contribution >= 0.6 is 0 Å². The van der Waals surface area contributed by atoms with Gasteiger partial charge < -0.3 is 15.3 Å². The van der Waals surface area contributed by atoms with Gasteiger partial charge in [-0.2, -0.15) is 0 Å². The molecule has 2 heterocycles. The van der Waals surface area contributed by atoms with Crippen LogP contribution < -0.4 is 5.32 Å². The molecule has 0 amide bonds. The molecule has 0 bridgehead atoms. The van der Waals surface area contributed by atoms with Crippen molar-refractivity contribution in [3.05, 3.63) is 18.1 Å². The largest absolute Gasteiger partial charge is 0.396 e. The summed E-state index contributed by atoms with van der Waals surface area (Å²) in [6.45, 7) is 7.87. The van der Waals surface area contributed by atoms with Crippen molar-refractivity contribution in [3.8, 4) is 0 Å². The topological polar surface area (TPSA) is 61.3 Å². The summed E-state index contributed by atoms with van der Waals surface area (Å²) < 4.78 is 0. The van der Waals surface area contributed by atoms with Crippen LogP contribution in [0.1, 0.15) is 44.6 Å². The zero-order chi connectivity index (χ0) is 15.5. The van der Waals surface area contributed by atoms with E-state index in [1.807, 2.05) is 6.20 Å². The van der Waals surface area contributed by atoms with Crippen molar-refractivity contribution in [2.24, 2.45) is 11.8 Å². The SMILES string of the molecule is CC(C)c1cncnc1N[C@@H]1CN(CCCO)C[C@H]1C1CC1. The maximum Gasteiger partial charge on any atom is 0.133 e. The van der Waals surface area contributed by atoms with Gasteiger partial charge in [0, 0.05) is 44.0 Å². The van der Waals surface area contributed by atoms with Crippen LogP contribution in [0.5, 0.6) is 0 Å². The fraction of sp³-hybridized carbons (Fsp3) is 0.765. The number of aliphatic hydroxyl groups is 1. The number of aliphatic hydroxyl groups excluding tert-OH is 1. The standard InChI is InChI=1S/C17H28N4O/c1-12(2)14-8-18-11-19-17(14)20-16-10-21(6-3-7-22)9-15(16)13-4-5-13/h8,11-13,15-16,22H,3-7,9-10H2,1-2H3,(H,18,19,20)/t15-,16+/m0/s1. The molecule has 2 N–H and O–H groups in total. The lowest BCUT2D eigenvalue weighted by atomic mass is 9.97. The van der Waals surface area contributed by atoms with Gasteiger partial charge in [0.05, 0.1) is 0 Å². The minimum atomic E-state index is 0.284. The van der Waals surface area contributed by atoms with E-state index in [2.05, 4.69) is 34.0 Å². The Balaban J connectivity index is 1.70. The van der Waals surface area contributed by atoms with Crippen molar-refractivity contribution in [1.29, 1.82) is 0 Å². The van der Waals surface area contributed by atoms with Crippen molar-refractivity contribution < 1.29 is 5.11 Å². The van der Waals surface area contributed by atoms with E-state index in [1.54, 1.807) is 6.33 Å². The first-order chi connectivity index (χ1) is 10.7. The number of rotatable bonds is 7. The van der Waals surface area contributed by atoms with Crippen LogP contribution in [0, 0.1) is 11.8 Å². The van der Waals surface area contributed by atoms with E-state index >= 15 is 0 Å². The van der Waals surface area contributed by atoms with E-state index in [4.69, 9.17) is 5.11 Å². The van der Waals surface area contributed by atoms with E-state index in [0.29, 0.717) is 17.9 Å². The zero-order valence-electron chi connectivity index (χ0n) is 13.7. The van der Waals surface area contributed by atoms with Crippen LogP contribution in [0.25, 0.3) is 0 Å². The van der Waals surface area contributed by atoms with Crippen molar-refractivity contribution in [1.82, 2.24) is 14.9 Å². The highest BCUT2D eigenvalue weighted by atomic mass is 16.3. The molecule has 1 aromatic heterocycles. The van der Waals surface area contributed by atoms with Crippen molar-refractivity contribution >= 4 is 5.82 Å². The summed E-state index contributed by atoms with van der Waals surface area (Å²) in [7, 11) is 0. The molecule has 5 nitrogen and oxygen atoms in total. The Hall–Kier alpha value is -1.20. The first-order valence-corrected chi connectivity index (χ1v) is 8.58. The predicted octanol–water partition coefficient (Wildman–Crippen LogP) is 2.10. The fourth-order valence-electron chi connectivity index (χ4n) is 3.60. The van der Waals surface area contributed by atoms with Crippen LogP contribution in [0.3, 0.4) is 0 Å². The summed E-state index contributed by atoms with van der Waals surface area (Å²) in [6, 6.07) is 0.471. The van der Waals surface area contributed by atoms with Crippen molar-refractivity contribution in [2.75, 3.05) is 31.6 Å². The Morgan fingerprint density at radius 2 is 2.18 bits per heavy atom. The monoisotopic (exact) mass is 304 g/mol. The highest BCUT2D eigenvalue weighted by Gasteiger charge is 2.42. The molecule has 1 aromatic rings. The Kier molecular flexibility index (Phi) is 4.93. The third kappa shape index (κ3) is 3.58. The molecule has 3 rings (SSSR count). The fourth-order valence-corrected chi connectivity index (χ4v) is 3.60. The van der Waals surface area contributed by atoms with Gasteiger partial charge in [-0.1, -0.05) is 13.8 Å². The van der Waals surface area contributed by atoms with Crippen LogP contribution in [-0.4, -0.2) is 52.3 Å². The van der Waals surface area contributed by atoms with Gasteiger partial charge in [-0.05, 0) is 37.0 Å². The van der Waals surface area contributed by atoms with Crippen LogP contribution in [0.4, 0.5) is 5.82 Å². The van der Waals surface area contributed by atoms with E-state index in [0.717, 1.165) is 37.8 Å². The lowest BCUT2D eigenvalue weighted by Crippen LogP contribution is -2.31. The van der Waals surface area contributed by atoms with Gasteiger partial charge in [0.15, 0.2) is 0 Å². The number of nitrogens with one attached hydrogen (secondary N) is 1. The van der Waals surface area contributed by atoms with Gasteiger partial charge in [0.25, 0.3) is 0 Å². The Bertz CT molecular complexity index is 489. The number of aromatic nitrogens is 2. The Morgan fingerprint density at radius 3 is 2.86 bits per heavy atom. The summed E-state index contributed by atoms with van der Waals surface area (Å²) in [4.78, 5) is 11.2. The number of anilines is 1. The smallest absolute Gasteiger partial charge is 0.133 e. The van der Waals surface area contributed by atoms with Gasteiger partial charge in [-0.25, -0.2) is 9.97 Å². The molecule has 1 aliphatic heterocycles. The molecule has 1 aliphatic carbocycles. The molecular weight excluding hydrogens is 276 g/mol. The van der Waals surface area contributed by atoms with Gasteiger partial charge >= 0.3 is 0 Å². The van der Waals surface area contributed by atoms with Gasteiger partial charge in [-0.15, -0.1) is 0 Å². The minimum Gasteiger partial charge on any atom is -0.396 e. The number of nitrogens with zero attached hydrogens (tertiary/aromatic N) is 3. The molecule has 2 atom stereocenters. The first kappa shape index (κ1) is 15.7. The quantitative estimate of drug-likeness (QED) is 0.808. The molecule has 0 spiro atoms. The molecule has 1 saturated carbocycles. The minimum absolute atomic E-state index is 0.284. The highest BCUT2D eigenvalue weighted by Crippen LogP contribution is 2.42. The summed E-state index contributed by atoms with van der Waals surface area (Å²) >= 11 is 0. The normalized spacial score (nSPS) is 25.8. The molecule has 2 fully saturated rings. The van der Waals surface area contributed by atoms with E-state index in [-0.39, 0.29) is 6.61 Å². The van der Waals surface area contributed by atoms with Crippen LogP contribution in [0.2, 0.25) is 0 Å². The Labute approximate surface area is 133 Å². The molecule has 122 valence electrons. The van der Waals surface area contributed by atoms with Crippen LogP contribution in [0.15, 0.2) is 12.5 Å². The van der Waals surface area contributed by atoms with E-state index < -0.39 is 0 Å². The van der Waals surface area contributed by atoms with Crippen LogP contribution in [-0.2, 0) is 0 Å².